The number of methoxy groups -OCH3 is 1. The molecule has 4 N–H and O–H groups in total. The average Bonchev–Trinajstić information content (AvgIpc) is 3.27. The van der Waals surface area contributed by atoms with Crippen molar-refractivity contribution < 1.29 is 14.6 Å². The standard InChI is InChI=1S/C21H25N3O3S/c1-20(2)11-21(26,7-6-15(20)18(25)27-3)19-24-10-17(28-19)14-9-23-16-8-12(22)4-5-13(14)16/h4-5,8-10,15,23,26H,6-7,11,22H2,1-3H3/t15-,21-/m1/s1. The normalized spacial score (nSPS) is 24.4. The Hall–Kier alpha value is -2.38. The number of H-pyrrole nitrogens is 1. The molecule has 1 aliphatic rings. The zero-order valence-electron chi connectivity index (χ0n) is 16.3. The molecule has 0 unspecified atom stereocenters. The van der Waals surface area contributed by atoms with E-state index in [9.17, 15) is 9.90 Å². The summed E-state index contributed by atoms with van der Waals surface area (Å²) in [6, 6.07) is 5.78. The molecule has 1 aliphatic carbocycles. The van der Waals surface area contributed by atoms with E-state index in [0.29, 0.717) is 30.0 Å². The molecule has 7 heteroatoms. The number of aromatic nitrogens is 2. The smallest absolute Gasteiger partial charge is 0.309 e. The van der Waals surface area contributed by atoms with Crippen molar-refractivity contribution in [1.29, 1.82) is 0 Å². The van der Waals surface area contributed by atoms with Gasteiger partial charge >= 0.3 is 5.97 Å². The molecule has 0 bridgehead atoms. The number of anilines is 1. The molecule has 2 aromatic heterocycles. The number of rotatable bonds is 3. The zero-order chi connectivity index (χ0) is 20.1. The maximum atomic E-state index is 12.1. The van der Waals surface area contributed by atoms with E-state index < -0.39 is 5.60 Å². The van der Waals surface area contributed by atoms with Gasteiger partial charge in [0.1, 0.15) is 10.6 Å². The lowest BCUT2D eigenvalue weighted by Crippen LogP contribution is -2.45. The van der Waals surface area contributed by atoms with Crippen LogP contribution in [0.4, 0.5) is 5.69 Å². The van der Waals surface area contributed by atoms with Crippen molar-refractivity contribution >= 4 is 33.9 Å². The molecule has 0 amide bonds. The van der Waals surface area contributed by atoms with E-state index >= 15 is 0 Å². The highest BCUT2D eigenvalue weighted by molar-refractivity contribution is 7.15. The maximum Gasteiger partial charge on any atom is 0.309 e. The van der Waals surface area contributed by atoms with Gasteiger partial charge in [0, 0.05) is 34.5 Å². The Morgan fingerprint density at radius 2 is 2.21 bits per heavy atom. The number of carbonyl (C=O) groups is 1. The van der Waals surface area contributed by atoms with Gasteiger partial charge in [0.2, 0.25) is 0 Å². The van der Waals surface area contributed by atoms with E-state index in [1.165, 1.54) is 18.4 Å². The Bertz CT molecular complexity index is 1040. The second-order valence-electron chi connectivity index (χ2n) is 8.35. The summed E-state index contributed by atoms with van der Waals surface area (Å²) in [4.78, 5) is 20.9. The molecule has 2 atom stereocenters. The Balaban J connectivity index is 1.64. The predicted octanol–water partition coefficient (Wildman–Crippen LogP) is 4.06. The number of fused-ring (bicyclic) bond motifs is 1. The number of nitrogens with zero attached hydrogens (tertiary/aromatic N) is 1. The van der Waals surface area contributed by atoms with Crippen LogP contribution in [-0.2, 0) is 15.1 Å². The number of thiazole rings is 1. The number of hydrogen-bond acceptors (Lipinski definition) is 6. The van der Waals surface area contributed by atoms with Crippen LogP contribution in [-0.4, -0.2) is 28.2 Å². The van der Waals surface area contributed by atoms with E-state index in [4.69, 9.17) is 10.5 Å². The van der Waals surface area contributed by atoms with E-state index in [-0.39, 0.29) is 17.3 Å². The fourth-order valence-corrected chi connectivity index (χ4v) is 5.52. The number of hydrogen-bond donors (Lipinski definition) is 3. The van der Waals surface area contributed by atoms with Gasteiger partial charge in [-0.15, -0.1) is 11.3 Å². The number of carbonyl (C=O) groups excluding carboxylic acids is 1. The summed E-state index contributed by atoms with van der Waals surface area (Å²) in [6.45, 7) is 4.02. The van der Waals surface area contributed by atoms with E-state index in [1.807, 2.05) is 44.4 Å². The van der Waals surface area contributed by atoms with Gasteiger partial charge in [0.25, 0.3) is 0 Å². The molecule has 1 aromatic carbocycles. The number of esters is 1. The molecule has 2 heterocycles. The van der Waals surface area contributed by atoms with E-state index in [1.54, 1.807) is 0 Å². The van der Waals surface area contributed by atoms with Crippen molar-refractivity contribution in [2.75, 3.05) is 12.8 Å². The number of aromatic amines is 1. The summed E-state index contributed by atoms with van der Waals surface area (Å²) in [5, 5.41) is 13.2. The molecule has 3 aromatic rings. The number of nitrogens with two attached hydrogens (primary N) is 1. The van der Waals surface area contributed by atoms with Crippen LogP contribution < -0.4 is 5.73 Å². The van der Waals surface area contributed by atoms with Crippen molar-refractivity contribution in [3.8, 4) is 10.4 Å². The third-order valence-corrected chi connectivity index (χ3v) is 7.12. The zero-order valence-corrected chi connectivity index (χ0v) is 17.1. The monoisotopic (exact) mass is 399 g/mol. The molecule has 1 fully saturated rings. The van der Waals surface area contributed by atoms with Gasteiger partial charge in [0.15, 0.2) is 0 Å². The van der Waals surface area contributed by atoms with Crippen LogP contribution in [0.5, 0.6) is 0 Å². The van der Waals surface area contributed by atoms with Crippen LogP contribution >= 0.6 is 11.3 Å². The second-order valence-corrected chi connectivity index (χ2v) is 9.38. The van der Waals surface area contributed by atoms with Crippen molar-refractivity contribution in [2.45, 2.75) is 38.7 Å². The molecule has 1 saturated carbocycles. The lowest BCUT2D eigenvalue weighted by molar-refractivity contribution is -0.157. The fourth-order valence-electron chi connectivity index (χ4n) is 4.46. The van der Waals surface area contributed by atoms with Gasteiger partial charge in [-0.3, -0.25) is 4.79 Å². The molecule has 0 saturated heterocycles. The Morgan fingerprint density at radius 1 is 1.43 bits per heavy atom. The number of aliphatic hydroxyl groups is 1. The van der Waals surface area contributed by atoms with Crippen LogP contribution in [0.2, 0.25) is 0 Å². The first-order chi connectivity index (χ1) is 13.2. The quantitative estimate of drug-likeness (QED) is 0.455. The fraction of sp³-hybridized carbons (Fsp3) is 0.429. The van der Waals surface area contributed by atoms with Crippen LogP contribution in [0.1, 0.15) is 38.1 Å². The van der Waals surface area contributed by atoms with Crippen LogP contribution in [0.25, 0.3) is 21.3 Å². The first kappa shape index (κ1) is 19.0. The number of ether oxygens (including phenoxy) is 1. The van der Waals surface area contributed by atoms with E-state index in [2.05, 4.69) is 9.97 Å². The Labute approximate surface area is 167 Å². The van der Waals surface area contributed by atoms with Crippen LogP contribution in [0, 0.1) is 11.3 Å². The highest BCUT2D eigenvalue weighted by Crippen LogP contribution is 2.51. The second kappa shape index (κ2) is 6.60. The third kappa shape index (κ3) is 3.08. The molecule has 6 nitrogen and oxygen atoms in total. The summed E-state index contributed by atoms with van der Waals surface area (Å²) < 4.78 is 4.96. The minimum atomic E-state index is -1.03. The van der Waals surface area contributed by atoms with Crippen molar-refractivity contribution in [1.82, 2.24) is 9.97 Å². The largest absolute Gasteiger partial charge is 0.469 e. The van der Waals surface area contributed by atoms with Crippen LogP contribution in [0.3, 0.4) is 0 Å². The van der Waals surface area contributed by atoms with E-state index in [0.717, 1.165) is 21.3 Å². The molecule has 0 radical (unpaired) electrons. The summed E-state index contributed by atoms with van der Waals surface area (Å²) in [6.07, 6.45) is 5.31. The summed E-state index contributed by atoms with van der Waals surface area (Å²) >= 11 is 1.50. The highest BCUT2D eigenvalue weighted by atomic mass is 32.1. The Kier molecular flexibility index (Phi) is 4.47. The number of nitrogen functional groups attached to an aromatic ring is 1. The minimum Gasteiger partial charge on any atom is -0.469 e. The van der Waals surface area contributed by atoms with Crippen molar-refractivity contribution in [3.63, 3.8) is 0 Å². The van der Waals surface area contributed by atoms with Gasteiger partial charge in [-0.25, -0.2) is 4.98 Å². The summed E-state index contributed by atoms with van der Waals surface area (Å²) in [5.41, 5.74) is 7.19. The highest BCUT2D eigenvalue weighted by Gasteiger charge is 2.49. The first-order valence-electron chi connectivity index (χ1n) is 9.37. The molecule has 28 heavy (non-hydrogen) atoms. The van der Waals surface area contributed by atoms with Gasteiger partial charge in [-0.05, 0) is 36.8 Å². The lowest BCUT2D eigenvalue weighted by Gasteiger charge is -2.44. The summed E-state index contributed by atoms with van der Waals surface area (Å²) in [5.74, 6) is -0.416. The molecule has 148 valence electrons. The van der Waals surface area contributed by atoms with Gasteiger partial charge < -0.3 is 20.6 Å². The topological polar surface area (TPSA) is 101 Å². The predicted molar refractivity (Wildman–Crippen MR) is 111 cm³/mol. The third-order valence-electron chi connectivity index (χ3n) is 5.90. The average molecular weight is 400 g/mol. The summed E-state index contributed by atoms with van der Waals surface area (Å²) in [7, 11) is 1.42. The first-order valence-corrected chi connectivity index (χ1v) is 10.2. The molecule has 0 spiro atoms. The van der Waals surface area contributed by atoms with Crippen molar-refractivity contribution in [2.24, 2.45) is 11.3 Å². The Morgan fingerprint density at radius 3 is 2.93 bits per heavy atom. The minimum absolute atomic E-state index is 0.204. The number of nitrogens with one attached hydrogen (secondary N) is 1. The molecular formula is C21H25N3O3S. The van der Waals surface area contributed by atoms with Gasteiger partial charge in [-0.2, -0.15) is 0 Å². The van der Waals surface area contributed by atoms with Crippen LogP contribution in [0.15, 0.2) is 30.6 Å². The molecule has 0 aliphatic heterocycles. The SMILES string of the molecule is COC(=O)[C@H]1CC[C@](O)(c2ncc(-c3c[nH]c4cc(N)ccc34)s2)CC1(C)C. The van der Waals surface area contributed by atoms with Gasteiger partial charge in [0.05, 0.1) is 17.9 Å². The molecular weight excluding hydrogens is 374 g/mol. The van der Waals surface area contributed by atoms with Crippen molar-refractivity contribution in [3.05, 3.63) is 35.6 Å². The lowest BCUT2D eigenvalue weighted by atomic mass is 9.63. The number of benzene rings is 1. The maximum absolute atomic E-state index is 12.1. The van der Waals surface area contributed by atoms with Gasteiger partial charge in [-0.1, -0.05) is 19.9 Å². The molecule has 4 rings (SSSR count).